The lowest BCUT2D eigenvalue weighted by Gasteiger charge is -2.36. The Morgan fingerprint density at radius 1 is 1.08 bits per heavy atom. The molecule has 0 spiro atoms. The molecule has 1 saturated carbocycles. The number of benzene rings is 1. The third kappa shape index (κ3) is 4.12. The molecule has 1 aliphatic carbocycles. The molecule has 2 aliphatic rings. The van der Waals surface area contributed by atoms with Crippen molar-refractivity contribution in [3.63, 3.8) is 0 Å². The molecule has 4 aromatic rings. The van der Waals surface area contributed by atoms with Crippen LogP contribution in [0.5, 0.6) is 0 Å². The van der Waals surface area contributed by atoms with Gasteiger partial charge in [0.05, 0.1) is 23.0 Å². The standard InChI is InChI=1S/C28H33N7O2/c1-27(2,28(3,4)37)23-14-21(10-12-30-23)34-24-22(25(36)35(34)20-7-8-20)16-31-26(33-24)32-19-6-5-17-9-11-29-15-18(17)13-19/h5-6,10,12-14,16,20,29,37H,7-9,11,15H2,1-4H3,(H,31,32,33). The summed E-state index contributed by atoms with van der Waals surface area (Å²) in [6.07, 6.45) is 6.27. The van der Waals surface area contributed by atoms with Crippen LogP contribution in [0.4, 0.5) is 11.6 Å². The van der Waals surface area contributed by atoms with Crippen molar-refractivity contribution in [1.29, 1.82) is 0 Å². The average molecular weight is 500 g/mol. The summed E-state index contributed by atoms with van der Waals surface area (Å²) in [6.45, 7) is 9.36. The summed E-state index contributed by atoms with van der Waals surface area (Å²) in [5.74, 6) is 0.434. The Morgan fingerprint density at radius 3 is 2.65 bits per heavy atom. The highest BCUT2D eigenvalue weighted by molar-refractivity contribution is 5.77. The van der Waals surface area contributed by atoms with Crippen molar-refractivity contribution in [1.82, 2.24) is 29.6 Å². The predicted octanol–water partition coefficient (Wildman–Crippen LogP) is 3.75. The van der Waals surface area contributed by atoms with Crippen molar-refractivity contribution in [3.05, 3.63) is 69.9 Å². The van der Waals surface area contributed by atoms with Crippen molar-refractivity contribution >= 4 is 22.7 Å². The smallest absolute Gasteiger partial charge is 0.278 e. The molecule has 192 valence electrons. The van der Waals surface area contributed by atoms with Crippen LogP contribution in [-0.4, -0.2) is 41.6 Å². The van der Waals surface area contributed by atoms with Crippen LogP contribution in [0.25, 0.3) is 16.7 Å². The van der Waals surface area contributed by atoms with Crippen molar-refractivity contribution in [2.24, 2.45) is 0 Å². The molecule has 0 atom stereocenters. The lowest BCUT2D eigenvalue weighted by atomic mass is 9.74. The zero-order valence-corrected chi connectivity index (χ0v) is 21.7. The highest BCUT2D eigenvalue weighted by Crippen LogP contribution is 2.37. The first-order valence-corrected chi connectivity index (χ1v) is 12.9. The SMILES string of the molecule is CC(C)(O)C(C)(C)c1cc(-n2c3nc(Nc4ccc5c(c4)CNCC5)ncc3c(=O)n2C2CC2)ccn1. The average Bonchev–Trinajstić information content (AvgIpc) is 3.67. The number of rotatable bonds is 6. The summed E-state index contributed by atoms with van der Waals surface area (Å²) in [5.41, 5.74) is 3.92. The van der Waals surface area contributed by atoms with E-state index in [1.165, 1.54) is 11.1 Å². The van der Waals surface area contributed by atoms with Gasteiger partial charge in [0.2, 0.25) is 5.95 Å². The molecule has 0 unspecified atom stereocenters. The molecule has 0 saturated heterocycles. The van der Waals surface area contributed by atoms with Gasteiger partial charge in [-0.2, -0.15) is 4.98 Å². The van der Waals surface area contributed by atoms with Crippen molar-refractivity contribution in [2.75, 3.05) is 11.9 Å². The maximum atomic E-state index is 13.5. The Bertz CT molecular complexity index is 1560. The van der Waals surface area contributed by atoms with E-state index in [1.807, 2.05) is 36.7 Å². The molecule has 9 nitrogen and oxygen atoms in total. The fraction of sp³-hybridized carbons (Fsp3) is 0.429. The zero-order chi connectivity index (χ0) is 25.9. The van der Waals surface area contributed by atoms with Gasteiger partial charge in [-0.05, 0) is 75.0 Å². The number of pyridine rings is 1. The molecule has 4 heterocycles. The molecule has 0 amide bonds. The minimum atomic E-state index is -0.989. The molecule has 0 bridgehead atoms. The van der Waals surface area contributed by atoms with Crippen LogP contribution in [0.3, 0.4) is 0 Å². The number of fused-ring (bicyclic) bond motifs is 2. The van der Waals surface area contributed by atoms with Crippen LogP contribution in [0.1, 0.15) is 63.4 Å². The first-order chi connectivity index (χ1) is 17.6. The predicted molar refractivity (Wildman–Crippen MR) is 144 cm³/mol. The number of aromatic nitrogens is 5. The summed E-state index contributed by atoms with van der Waals surface area (Å²) in [7, 11) is 0. The molecule has 3 aromatic heterocycles. The highest BCUT2D eigenvalue weighted by atomic mass is 16.3. The summed E-state index contributed by atoms with van der Waals surface area (Å²) in [6, 6.07) is 10.3. The van der Waals surface area contributed by atoms with Crippen LogP contribution in [0.15, 0.2) is 47.5 Å². The van der Waals surface area contributed by atoms with Crippen molar-refractivity contribution < 1.29 is 5.11 Å². The lowest BCUT2D eigenvalue weighted by molar-refractivity contribution is 0.00776. The van der Waals surface area contributed by atoms with E-state index in [-0.39, 0.29) is 11.6 Å². The van der Waals surface area contributed by atoms with Crippen LogP contribution in [0.2, 0.25) is 0 Å². The molecular weight excluding hydrogens is 466 g/mol. The van der Waals surface area contributed by atoms with E-state index in [0.717, 1.165) is 49.4 Å². The number of hydrogen-bond acceptors (Lipinski definition) is 7. The largest absolute Gasteiger partial charge is 0.390 e. The minimum Gasteiger partial charge on any atom is -0.390 e. The Kier molecular flexibility index (Phi) is 5.47. The zero-order valence-electron chi connectivity index (χ0n) is 21.7. The molecule has 6 rings (SSSR count). The Balaban J connectivity index is 1.46. The maximum absolute atomic E-state index is 13.5. The van der Waals surface area contributed by atoms with Gasteiger partial charge in [-0.25, -0.2) is 14.3 Å². The topological polar surface area (TPSA) is 110 Å². The monoisotopic (exact) mass is 499 g/mol. The summed E-state index contributed by atoms with van der Waals surface area (Å²) < 4.78 is 3.69. The van der Waals surface area contributed by atoms with E-state index >= 15 is 0 Å². The minimum absolute atomic E-state index is 0.0935. The quantitative estimate of drug-likeness (QED) is 0.371. The number of nitrogens with zero attached hydrogens (tertiary/aromatic N) is 5. The van der Waals surface area contributed by atoms with Gasteiger partial charge >= 0.3 is 0 Å². The van der Waals surface area contributed by atoms with Gasteiger partial charge < -0.3 is 15.7 Å². The van der Waals surface area contributed by atoms with E-state index in [1.54, 1.807) is 30.9 Å². The van der Waals surface area contributed by atoms with Crippen LogP contribution in [-0.2, 0) is 18.4 Å². The highest BCUT2D eigenvalue weighted by Gasteiger charge is 2.38. The fourth-order valence-corrected chi connectivity index (χ4v) is 4.85. The number of aliphatic hydroxyl groups is 1. The Hall–Kier alpha value is -3.56. The second-order valence-corrected chi connectivity index (χ2v) is 11.2. The first kappa shape index (κ1) is 23.8. The molecule has 1 aromatic carbocycles. The molecule has 1 fully saturated rings. The van der Waals surface area contributed by atoms with Crippen LogP contribution < -0.4 is 16.2 Å². The molecule has 37 heavy (non-hydrogen) atoms. The number of hydrogen-bond donors (Lipinski definition) is 3. The molecule has 9 heteroatoms. The van der Waals surface area contributed by atoms with Gasteiger partial charge in [0, 0.05) is 30.0 Å². The molecule has 0 radical (unpaired) electrons. The van der Waals surface area contributed by atoms with Crippen molar-refractivity contribution in [2.45, 2.75) is 70.6 Å². The Morgan fingerprint density at radius 2 is 1.89 bits per heavy atom. The Labute approximate surface area is 215 Å². The normalized spacial score (nSPS) is 16.1. The summed E-state index contributed by atoms with van der Waals surface area (Å²) in [4.78, 5) is 27.3. The summed E-state index contributed by atoms with van der Waals surface area (Å²) >= 11 is 0. The maximum Gasteiger partial charge on any atom is 0.278 e. The number of nitrogens with one attached hydrogen (secondary N) is 2. The third-order valence-corrected chi connectivity index (χ3v) is 8.02. The van der Waals surface area contributed by atoms with Gasteiger partial charge in [-0.1, -0.05) is 19.9 Å². The van der Waals surface area contributed by atoms with Gasteiger partial charge in [-0.15, -0.1) is 0 Å². The van der Waals surface area contributed by atoms with E-state index in [9.17, 15) is 9.90 Å². The fourth-order valence-electron chi connectivity index (χ4n) is 4.85. The van der Waals surface area contributed by atoms with Gasteiger partial charge in [0.1, 0.15) is 5.39 Å². The molecule has 3 N–H and O–H groups in total. The summed E-state index contributed by atoms with van der Waals surface area (Å²) in [5, 5.41) is 18.0. The first-order valence-electron chi connectivity index (χ1n) is 12.9. The second-order valence-electron chi connectivity index (χ2n) is 11.2. The van der Waals surface area contributed by atoms with Crippen LogP contribution >= 0.6 is 0 Å². The lowest BCUT2D eigenvalue weighted by Crippen LogP contribution is -2.43. The van der Waals surface area contributed by atoms with Crippen molar-refractivity contribution in [3.8, 4) is 5.69 Å². The second kappa shape index (κ2) is 8.49. The molecule has 1 aliphatic heterocycles. The van der Waals surface area contributed by atoms with E-state index < -0.39 is 11.0 Å². The van der Waals surface area contributed by atoms with E-state index in [4.69, 9.17) is 4.98 Å². The number of anilines is 2. The third-order valence-electron chi connectivity index (χ3n) is 8.02. The van der Waals surface area contributed by atoms with E-state index in [2.05, 4.69) is 32.7 Å². The molecular formula is C28H33N7O2. The van der Waals surface area contributed by atoms with E-state index in [0.29, 0.717) is 17.0 Å². The van der Waals surface area contributed by atoms with Gasteiger partial charge in [0.15, 0.2) is 5.65 Å². The van der Waals surface area contributed by atoms with Crippen LogP contribution in [0, 0.1) is 0 Å². The van der Waals surface area contributed by atoms with Gasteiger partial charge in [-0.3, -0.25) is 9.78 Å². The van der Waals surface area contributed by atoms with Gasteiger partial charge in [0.25, 0.3) is 5.56 Å².